The van der Waals surface area contributed by atoms with Crippen molar-refractivity contribution in [1.29, 1.82) is 0 Å². The van der Waals surface area contributed by atoms with E-state index in [1.807, 2.05) is 0 Å². The number of epoxide rings is 2. The second-order valence-corrected chi connectivity index (χ2v) is 6.58. The average molecular weight is 250 g/mol. The maximum Gasteiger partial charge on any atom is 0.0979 e. The fraction of sp³-hybridized carbons (Fsp3) is 0.875. The Bertz CT molecular complexity index is 356. The Morgan fingerprint density at radius 2 is 2.17 bits per heavy atom. The zero-order valence-electron chi connectivity index (χ0n) is 12.0. The third-order valence-corrected chi connectivity index (χ3v) is 5.40. The summed E-state index contributed by atoms with van der Waals surface area (Å²) in [6.07, 6.45) is 10.3. The molecule has 3 fully saturated rings. The highest BCUT2D eigenvalue weighted by atomic mass is 16.6. The maximum absolute atomic E-state index is 6.09. The van der Waals surface area contributed by atoms with E-state index >= 15 is 0 Å². The first-order chi connectivity index (χ1) is 8.61. The topological polar surface area (TPSA) is 25.1 Å². The molecule has 2 heteroatoms. The molecular formula is C16H26O2. The van der Waals surface area contributed by atoms with Gasteiger partial charge < -0.3 is 9.47 Å². The van der Waals surface area contributed by atoms with E-state index in [0.717, 1.165) is 19.4 Å². The largest absolute Gasteiger partial charge is 0.369 e. The van der Waals surface area contributed by atoms with Crippen molar-refractivity contribution < 1.29 is 9.47 Å². The molecule has 1 aliphatic carbocycles. The van der Waals surface area contributed by atoms with E-state index < -0.39 is 0 Å². The Labute approximate surface area is 111 Å². The van der Waals surface area contributed by atoms with Crippen molar-refractivity contribution in [2.45, 2.75) is 76.6 Å². The summed E-state index contributed by atoms with van der Waals surface area (Å²) < 4.78 is 11.9. The molecule has 102 valence electrons. The second-order valence-electron chi connectivity index (χ2n) is 6.58. The van der Waals surface area contributed by atoms with Crippen LogP contribution >= 0.6 is 0 Å². The summed E-state index contributed by atoms with van der Waals surface area (Å²) in [5.41, 5.74) is 1.79. The lowest BCUT2D eigenvalue weighted by atomic mass is 9.71. The molecule has 0 N–H and O–H groups in total. The summed E-state index contributed by atoms with van der Waals surface area (Å²) in [6, 6.07) is 0. The molecule has 0 aromatic rings. The van der Waals surface area contributed by atoms with Crippen molar-refractivity contribution in [2.24, 2.45) is 5.92 Å². The minimum Gasteiger partial charge on any atom is -0.369 e. The fourth-order valence-electron chi connectivity index (χ4n) is 3.77. The molecule has 0 aromatic heterocycles. The Balaban J connectivity index is 1.63. The summed E-state index contributed by atoms with van der Waals surface area (Å²) in [4.78, 5) is 0. The van der Waals surface area contributed by atoms with Crippen molar-refractivity contribution in [3.63, 3.8) is 0 Å². The Morgan fingerprint density at radius 1 is 1.39 bits per heavy atom. The van der Waals surface area contributed by atoms with Gasteiger partial charge in [-0.1, -0.05) is 31.4 Å². The van der Waals surface area contributed by atoms with Gasteiger partial charge in [-0.15, -0.1) is 0 Å². The van der Waals surface area contributed by atoms with Crippen LogP contribution in [-0.2, 0) is 9.47 Å². The molecule has 18 heavy (non-hydrogen) atoms. The molecule has 0 radical (unpaired) electrons. The highest BCUT2D eigenvalue weighted by molar-refractivity contribution is 5.17. The molecule has 4 unspecified atom stereocenters. The predicted octanol–water partition coefficient (Wildman–Crippen LogP) is 3.85. The molecule has 2 heterocycles. The smallest absolute Gasteiger partial charge is 0.0979 e. The number of ether oxygens (including phenoxy) is 2. The van der Waals surface area contributed by atoms with Crippen LogP contribution in [0.15, 0.2) is 11.6 Å². The molecule has 0 aromatic carbocycles. The van der Waals surface area contributed by atoms with Gasteiger partial charge in [-0.25, -0.2) is 0 Å². The van der Waals surface area contributed by atoms with Gasteiger partial charge in [0.15, 0.2) is 0 Å². The van der Waals surface area contributed by atoms with Gasteiger partial charge in [0.25, 0.3) is 0 Å². The predicted molar refractivity (Wildman–Crippen MR) is 72.6 cm³/mol. The molecule has 3 aliphatic rings. The molecule has 4 atom stereocenters. The molecular weight excluding hydrogens is 224 g/mol. The third kappa shape index (κ3) is 2.04. The quantitative estimate of drug-likeness (QED) is 0.559. The molecule has 3 rings (SSSR count). The fourth-order valence-corrected chi connectivity index (χ4v) is 3.77. The lowest BCUT2D eigenvalue weighted by molar-refractivity contribution is 0.0886. The summed E-state index contributed by atoms with van der Waals surface area (Å²) in [7, 11) is 0. The first-order valence-corrected chi connectivity index (χ1v) is 7.58. The van der Waals surface area contributed by atoms with E-state index in [9.17, 15) is 0 Å². The zero-order valence-corrected chi connectivity index (χ0v) is 12.0. The number of hydrogen-bond donors (Lipinski definition) is 0. The first kappa shape index (κ1) is 12.7. The van der Waals surface area contributed by atoms with E-state index in [0.29, 0.717) is 12.0 Å². The van der Waals surface area contributed by atoms with Crippen LogP contribution in [0.3, 0.4) is 0 Å². The summed E-state index contributed by atoms with van der Waals surface area (Å²) in [5.74, 6) is 0.638. The standard InChI is InChI=1S/C16H26O2/c1-4-12(2)8-9-14-15(3,18-14)13-7-5-6-10-16(13)11-17-16/h8,13-14H,4-7,9-11H2,1-3H3/b12-8+. The van der Waals surface area contributed by atoms with Crippen LogP contribution in [0.1, 0.15) is 59.3 Å². The second kappa shape index (κ2) is 4.35. The van der Waals surface area contributed by atoms with Crippen LogP contribution in [-0.4, -0.2) is 23.9 Å². The van der Waals surface area contributed by atoms with Crippen molar-refractivity contribution >= 4 is 0 Å². The Hall–Kier alpha value is -0.340. The van der Waals surface area contributed by atoms with Crippen LogP contribution in [0.2, 0.25) is 0 Å². The molecule has 1 spiro atoms. The molecule has 0 bridgehead atoms. The maximum atomic E-state index is 6.09. The summed E-state index contributed by atoms with van der Waals surface area (Å²) >= 11 is 0. The van der Waals surface area contributed by atoms with E-state index in [2.05, 4.69) is 26.8 Å². The minimum absolute atomic E-state index is 0.0987. The molecule has 2 nitrogen and oxygen atoms in total. The minimum atomic E-state index is 0.0987. The van der Waals surface area contributed by atoms with Crippen molar-refractivity contribution in [3.8, 4) is 0 Å². The van der Waals surface area contributed by atoms with E-state index in [1.54, 1.807) is 0 Å². The lowest BCUT2D eigenvalue weighted by Gasteiger charge is -2.32. The Morgan fingerprint density at radius 3 is 2.83 bits per heavy atom. The van der Waals surface area contributed by atoms with Gasteiger partial charge >= 0.3 is 0 Å². The van der Waals surface area contributed by atoms with Gasteiger partial charge in [0.05, 0.1) is 23.9 Å². The van der Waals surface area contributed by atoms with Gasteiger partial charge in [0, 0.05) is 5.92 Å². The molecule has 0 amide bonds. The Kier molecular flexibility index (Phi) is 3.06. The number of hydrogen-bond acceptors (Lipinski definition) is 2. The molecule has 2 saturated heterocycles. The van der Waals surface area contributed by atoms with E-state index in [-0.39, 0.29) is 11.2 Å². The summed E-state index contributed by atoms with van der Waals surface area (Å²) in [5, 5.41) is 0. The van der Waals surface area contributed by atoms with Gasteiger partial charge in [0.2, 0.25) is 0 Å². The van der Waals surface area contributed by atoms with Gasteiger partial charge in [0.1, 0.15) is 0 Å². The first-order valence-electron chi connectivity index (χ1n) is 7.58. The molecule has 2 aliphatic heterocycles. The monoisotopic (exact) mass is 250 g/mol. The van der Waals surface area contributed by atoms with Gasteiger partial charge in [-0.05, 0) is 39.5 Å². The number of allylic oxidation sites excluding steroid dienone is 1. The van der Waals surface area contributed by atoms with Crippen molar-refractivity contribution in [1.82, 2.24) is 0 Å². The van der Waals surface area contributed by atoms with Crippen molar-refractivity contribution in [2.75, 3.05) is 6.61 Å². The van der Waals surface area contributed by atoms with E-state index in [1.165, 1.54) is 31.3 Å². The van der Waals surface area contributed by atoms with Crippen molar-refractivity contribution in [3.05, 3.63) is 11.6 Å². The number of rotatable bonds is 4. The average Bonchev–Trinajstić information content (AvgIpc) is 3.27. The normalized spacial score (nSPS) is 47.4. The zero-order chi connectivity index (χ0) is 12.8. The van der Waals surface area contributed by atoms with Crippen LogP contribution in [0.5, 0.6) is 0 Å². The van der Waals surface area contributed by atoms with Crippen LogP contribution in [0.25, 0.3) is 0 Å². The van der Waals surface area contributed by atoms with Crippen LogP contribution < -0.4 is 0 Å². The molecule has 1 saturated carbocycles. The SMILES string of the molecule is CC/C(C)=C/CC1OC1(C)C1CCCCC12CO2. The highest BCUT2D eigenvalue weighted by Crippen LogP contribution is 2.58. The lowest BCUT2D eigenvalue weighted by Crippen LogP contribution is -2.39. The van der Waals surface area contributed by atoms with Gasteiger partial charge in [-0.3, -0.25) is 0 Å². The van der Waals surface area contributed by atoms with E-state index in [4.69, 9.17) is 9.47 Å². The third-order valence-electron chi connectivity index (χ3n) is 5.40. The van der Waals surface area contributed by atoms with Crippen LogP contribution in [0.4, 0.5) is 0 Å². The van der Waals surface area contributed by atoms with Gasteiger partial charge in [-0.2, -0.15) is 0 Å². The van der Waals surface area contributed by atoms with Crippen LogP contribution in [0, 0.1) is 5.92 Å². The highest BCUT2D eigenvalue weighted by Gasteiger charge is 2.67. The summed E-state index contributed by atoms with van der Waals surface area (Å²) in [6.45, 7) is 7.72.